The molecule has 1 aliphatic heterocycles. The number of fused-ring (bicyclic) bond motifs is 3. The number of carboxylic acids is 1. The van der Waals surface area contributed by atoms with Gasteiger partial charge in [0.25, 0.3) is 0 Å². The van der Waals surface area contributed by atoms with Crippen molar-refractivity contribution in [3.05, 3.63) is 70.4 Å². The van der Waals surface area contributed by atoms with Crippen LogP contribution in [-0.2, 0) is 11.2 Å². The molecule has 5 heteroatoms. The van der Waals surface area contributed by atoms with E-state index in [2.05, 4.69) is 10.3 Å². The number of carboxylic acid groups (broad SMARTS) is 1. The number of nitrogens with one attached hydrogen (secondary N) is 2. The Morgan fingerprint density at radius 1 is 1.13 bits per heavy atom. The first-order chi connectivity index (χ1) is 11.1. The SMILES string of the molecule is O=C(O)[C@H]1Cc2c([nH]c3ccccc23)[C@H](c2ccc(Cl)cc2)N1. The molecular weight excluding hydrogens is 312 g/mol. The van der Waals surface area contributed by atoms with E-state index in [1.807, 2.05) is 48.5 Å². The Labute approximate surface area is 138 Å². The highest BCUT2D eigenvalue weighted by Gasteiger charge is 2.33. The van der Waals surface area contributed by atoms with Crippen LogP contribution in [0, 0.1) is 0 Å². The summed E-state index contributed by atoms with van der Waals surface area (Å²) in [6, 6.07) is 14.7. The third kappa shape index (κ3) is 2.40. The number of halogens is 1. The molecule has 4 nitrogen and oxygen atoms in total. The smallest absolute Gasteiger partial charge is 0.321 e. The number of carbonyl (C=O) groups is 1. The predicted molar refractivity (Wildman–Crippen MR) is 89.9 cm³/mol. The lowest BCUT2D eigenvalue weighted by Crippen LogP contribution is -2.44. The van der Waals surface area contributed by atoms with Gasteiger partial charge in [0, 0.05) is 28.0 Å². The van der Waals surface area contributed by atoms with E-state index < -0.39 is 12.0 Å². The molecule has 0 unspecified atom stereocenters. The first-order valence-electron chi connectivity index (χ1n) is 7.47. The number of para-hydroxylation sites is 1. The molecule has 0 amide bonds. The fourth-order valence-corrected chi connectivity index (χ4v) is 3.44. The van der Waals surface area contributed by atoms with E-state index in [0.29, 0.717) is 11.4 Å². The van der Waals surface area contributed by atoms with Gasteiger partial charge in [-0.15, -0.1) is 0 Å². The zero-order valence-electron chi connectivity index (χ0n) is 12.2. The molecule has 0 bridgehead atoms. The van der Waals surface area contributed by atoms with Crippen molar-refractivity contribution in [3.63, 3.8) is 0 Å². The molecule has 3 N–H and O–H groups in total. The lowest BCUT2D eigenvalue weighted by molar-refractivity contribution is -0.139. The standard InChI is InChI=1S/C18H15ClN2O2/c19-11-7-5-10(6-8-11)16-17-13(9-15(21-16)18(22)23)12-3-1-2-4-14(12)20-17/h1-8,15-16,20-21H,9H2,(H,22,23)/t15-,16+/m1/s1. The number of H-pyrrole nitrogens is 1. The Morgan fingerprint density at radius 2 is 1.87 bits per heavy atom. The summed E-state index contributed by atoms with van der Waals surface area (Å²) in [5.41, 5.74) is 4.13. The Balaban J connectivity index is 1.89. The van der Waals surface area contributed by atoms with Crippen LogP contribution < -0.4 is 5.32 Å². The van der Waals surface area contributed by atoms with Gasteiger partial charge in [0.2, 0.25) is 0 Å². The molecule has 116 valence electrons. The molecule has 0 saturated carbocycles. The van der Waals surface area contributed by atoms with Crippen LogP contribution in [0.15, 0.2) is 48.5 Å². The Hall–Kier alpha value is -2.30. The van der Waals surface area contributed by atoms with E-state index >= 15 is 0 Å². The van der Waals surface area contributed by atoms with Crippen LogP contribution in [0.1, 0.15) is 22.9 Å². The Bertz CT molecular complexity index is 886. The number of aliphatic carboxylic acids is 1. The van der Waals surface area contributed by atoms with Crippen LogP contribution in [0.4, 0.5) is 0 Å². The maximum absolute atomic E-state index is 11.6. The van der Waals surface area contributed by atoms with Crippen molar-refractivity contribution in [1.29, 1.82) is 0 Å². The zero-order valence-corrected chi connectivity index (χ0v) is 13.0. The quantitative estimate of drug-likeness (QED) is 0.675. The summed E-state index contributed by atoms with van der Waals surface area (Å²) in [5, 5.41) is 14.5. The molecule has 2 heterocycles. The average Bonchev–Trinajstić information content (AvgIpc) is 2.93. The predicted octanol–water partition coefficient (Wildman–Crippen LogP) is 3.51. The molecule has 1 aromatic heterocycles. The maximum atomic E-state index is 11.6. The first kappa shape index (κ1) is 14.3. The van der Waals surface area contributed by atoms with E-state index in [1.165, 1.54) is 0 Å². The number of aromatic amines is 1. The van der Waals surface area contributed by atoms with Gasteiger partial charge in [-0.2, -0.15) is 0 Å². The van der Waals surface area contributed by atoms with Gasteiger partial charge in [-0.25, -0.2) is 0 Å². The van der Waals surface area contributed by atoms with Gasteiger partial charge >= 0.3 is 5.97 Å². The molecule has 0 spiro atoms. The topological polar surface area (TPSA) is 65.1 Å². The Kier molecular flexibility index (Phi) is 3.36. The van der Waals surface area contributed by atoms with Crippen molar-refractivity contribution in [3.8, 4) is 0 Å². The molecule has 2 atom stereocenters. The average molecular weight is 327 g/mol. The third-order valence-corrected chi connectivity index (χ3v) is 4.66. The van der Waals surface area contributed by atoms with Crippen LogP contribution in [0.25, 0.3) is 10.9 Å². The number of aromatic nitrogens is 1. The molecule has 4 rings (SSSR count). The molecule has 3 aromatic rings. The normalized spacial score (nSPS) is 20.4. The minimum absolute atomic E-state index is 0.190. The van der Waals surface area contributed by atoms with Crippen LogP contribution >= 0.6 is 11.6 Å². The van der Waals surface area contributed by atoms with E-state index in [4.69, 9.17) is 11.6 Å². The van der Waals surface area contributed by atoms with Crippen LogP contribution in [0.2, 0.25) is 5.02 Å². The van der Waals surface area contributed by atoms with Crippen molar-refractivity contribution < 1.29 is 9.90 Å². The number of hydrogen-bond acceptors (Lipinski definition) is 2. The highest BCUT2D eigenvalue weighted by Crippen LogP contribution is 2.35. The monoisotopic (exact) mass is 326 g/mol. The van der Waals surface area contributed by atoms with Crippen molar-refractivity contribution in [1.82, 2.24) is 10.3 Å². The van der Waals surface area contributed by atoms with Gasteiger partial charge in [0.1, 0.15) is 6.04 Å². The first-order valence-corrected chi connectivity index (χ1v) is 7.85. The van der Waals surface area contributed by atoms with Crippen molar-refractivity contribution in [2.75, 3.05) is 0 Å². The van der Waals surface area contributed by atoms with Gasteiger partial charge in [0.15, 0.2) is 0 Å². The molecule has 0 fully saturated rings. The fourth-order valence-electron chi connectivity index (χ4n) is 3.31. The summed E-state index contributed by atoms with van der Waals surface area (Å²) in [4.78, 5) is 15.0. The minimum atomic E-state index is -0.833. The van der Waals surface area contributed by atoms with Crippen molar-refractivity contribution >= 4 is 28.5 Å². The second kappa shape index (κ2) is 5.41. The number of benzene rings is 2. The molecular formula is C18H15ClN2O2. The molecule has 0 radical (unpaired) electrons. The van der Waals surface area contributed by atoms with Gasteiger partial charge < -0.3 is 10.1 Å². The Morgan fingerprint density at radius 3 is 2.61 bits per heavy atom. The van der Waals surface area contributed by atoms with Gasteiger partial charge in [0.05, 0.1) is 6.04 Å². The number of rotatable bonds is 2. The van der Waals surface area contributed by atoms with Crippen LogP contribution in [-0.4, -0.2) is 22.1 Å². The van der Waals surface area contributed by atoms with Gasteiger partial charge in [-0.05, 0) is 29.3 Å². The van der Waals surface area contributed by atoms with Crippen LogP contribution in [0.3, 0.4) is 0 Å². The lowest BCUT2D eigenvalue weighted by atomic mass is 9.90. The highest BCUT2D eigenvalue weighted by molar-refractivity contribution is 6.30. The summed E-state index contributed by atoms with van der Waals surface area (Å²) >= 11 is 5.97. The zero-order chi connectivity index (χ0) is 16.0. The summed E-state index contributed by atoms with van der Waals surface area (Å²) in [6.07, 6.45) is 0.471. The highest BCUT2D eigenvalue weighted by atomic mass is 35.5. The minimum Gasteiger partial charge on any atom is -0.480 e. The molecule has 0 saturated heterocycles. The second-order valence-electron chi connectivity index (χ2n) is 5.81. The molecule has 0 aliphatic carbocycles. The molecule has 1 aliphatic rings. The van der Waals surface area contributed by atoms with E-state index in [0.717, 1.165) is 27.7 Å². The van der Waals surface area contributed by atoms with Crippen LogP contribution in [0.5, 0.6) is 0 Å². The lowest BCUT2D eigenvalue weighted by Gasteiger charge is -2.29. The fraction of sp³-hybridized carbons (Fsp3) is 0.167. The molecule has 2 aromatic carbocycles. The van der Waals surface area contributed by atoms with Gasteiger partial charge in [-0.1, -0.05) is 41.9 Å². The van der Waals surface area contributed by atoms with E-state index in [1.54, 1.807) is 0 Å². The maximum Gasteiger partial charge on any atom is 0.321 e. The summed E-state index contributed by atoms with van der Waals surface area (Å²) in [7, 11) is 0. The van der Waals surface area contributed by atoms with Crippen molar-refractivity contribution in [2.45, 2.75) is 18.5 Å². The molecule has 23 heavy (non-hydrogen) atoms. The third-order valence-electron chi connectivity index (χ3n) is 4.41. The second-order valence-corrected chi connectivity index (χ2v) is 6.25. The van der Waals surface area contributed by atoms with Gasteiger partial charge in [-0.3, -0.25) is 10.1 Å². The summed E-state index contributed by atoms with van der Waals surface area (Å²) in [5.74, 6) is -0.833. The van der Waals surface area contributed by atoms with E-state index in [-0.39, 0.29) is 6.04 Å². The summed E-state index contributed by atoms with van der Waals surface area (Å²) in [6.45, 7) is 0. The largest absolute Gasteiger partial charge is 0.480 e. The number of hydrogen-bond donors (Lipinski definition) is 3. The van der Waals surface area contributed by atoms with Crippen molar-refractivity contribution in [2.24, 2.45) is 0 Å². The summed E-state index contributed by atoms with van der Waals surface area (Å²) < 4.78 is 0. The van der Waals surface area contributed by atoms with E-state index in [9.17, 15) is 9.90 Å².